The molecule has 1 aliphatic carbocycles. The number of H-pyrrole nitrogens is 1. The number of nitrogens with one attached hydrogen (secondary N) is 2. The molecule has 2 aromatic heterocycles. The summed E-state index contributed by atoms with van der Waals surface area (Å²) in [5.41, 5.74) is 3.63. The number of aromatic nitrogens is 1. The van der Waals surface area contributed by atoms with E-state index in [9.17, 15) is 13.6 Å². The van der Waals surface area contributed by atoms with Crippen molar-refractivity contribution >= 4 is 22.0 Å². The van der Waals surface area contributed by atoms with Crippen LogP contribution in [0.1, 0.15) is 40.8 Å². The van der Waals surface area contributed by atoms with Crippen LogP contribution in [0, 0.1) is 18.6 Å². The summed E-state index contributed by atoms with van der Waals surface area (Å²) < 4.78 is 26.6. The largest absolute Gasteiger partial charge is 0.372 e. The van der Waals surface area contributed by atoms with Gasteiger partial charge in [-0.05, 0) is 49.6 Å². The Balaban J connectivity index is 1.47. The zero-order chi connectivity index (χ0) is 20.5. The molecule has 0 radical (unpaired) electrons. The van der Waals surface area contributed by atoms with Crippen molar-refractivity contribution in [3.05, 3.63) is 86.2 Å². The Morgan fingerprint density at radius 2 is 2.07 bits per heavy atom. The Bertz CT molecular complexity index is 1110. The van der Waals surface area contributed by atoms with Gasteiger partial charge in [-0.1, -0.05) is 12.1 Å². The topological polar surface area (TPSA) is 57.2 Å². The predicted octanol–water partition coefficient (Wildman–Crippen LogP) is 5.00. The number of thiophene rings is 1. The Labute approximate surface area is 171 Å². The van der Waals surface area contributed by atoms with Crippen molar-refractivity contribution in [1.29, 1.82) is 0 Å². The number of nitrogens with zero attached hydrogens (tertiary/aromatic N) is 1. The van der Waals surface area contributed by atoms with E-state index >= 15 is 0 Å². The zero-order valence-corrected chi connectivity index (χ0v) is 16.9. The zero-order valence-electron chi connectivity index (χ0n) is 16.1. The summed E-state index contributed by atoms with van der Waals surface area (Å²) >= 11 is 1.66. The molecule has 4 nitrogen and oxygen atoms in total. The van der Waals surface area contributed by atoms with Crippen molar-refractivity contribution in [3.8, 4) is 0 Å². The maximum Gasteiger partial charge on any atom is 0.247 e. The molecule has 2 N–H and O–H groups in total. The van der Waals surface area contributed by atoms with Crippen molar-refractivity contribution in [2.24, 2.45) is 4.99 Å². The van der Waals surface area contributed by atoms with Crippen LogP contribution in [-0.2, 0) is 6.54 Å². The number of aliphatic imine (C=N–C) groups is 1. The molecule has 1 aromatic carbocycles. The highest BCUT2D eigenvalue weighted by atomic mass is 32.1. The molecule has 29 heavy (non-hydrogen) atoms. The van der Waals surface area contributed by atoms with E-state index in [1.165, 1.54) is 23.1 Å². The molecule has 0 amide bonds. The molecule has 150 valence electrons. The quantitative estimate of drug-likeness (QED) is 0.559. The molecule has 1 unspecified atom stereocenters. The summed E-state index contributed by atoms with van der Waals surface area (Å²) in [6.45, 7) is 4.62. The molecule has 2 heterocycles. The van der Waals surface area contributed by atoms with Crippen LogP contribution >= 0.6 is 11.3 Å². The Hall–Kier alpha value is -2.80. The van der Waals surface area contributed by atoms with Crippen LogP contribution in [0.3, 0.4) is 0 Å². The highest BCUT2D eigenvalue weighted by Gasteiger charge is 2.38. The van der Waals surface area contributed by atoms with E-state index in [2.05, 4.69) is 16.4 Å². The first-order chi connectivity index (χ1) is 13.9. The number of rotatable bonds is 6. The fourth-order valence-electron chi connectivity index (χ4n) is 3.39. The third-order valence-corrected chi connectivity index (χ3v) is 6.04. The van der Waals surface area contributed by atoms with Gasteiger partial charge in [0, 0.05) is 40.9 Å². The third-order valence-electron chi connectivity index (χ3n) is 5.03. The van der Waals surface area contributed by atoms with E-state index in [1.54, 1.807) is 29.7 Å². The maximum absolute atomic E-state index is 13.5. The molecule has 0 spiro atoms. The second kappa shape index (κ2) is 7.91. The van der Waals surface area contributed by atoms with Gasteiger partial charge in [0.25, 0.3) is 0 Å². The van der Waals surface area contributed by atoms with Gasteiger partial charge in [-0.25, -0.2) is 8.78 Å². The highest BCUT2D eigenvalue weighted by molar-refractivity contribution is 7.16. The first-order valence-electron chi connectivity index (χ1n) is 9.42. The number of aryl methyl sites for hydroxylation is 1. The molecule has 0 bridgehead atoms. The summed E-state index contributed by atoms with van der Waals surface area (Å²) in [5.74, 6) is -1.49. The van der Waals surface area contributed by atoms with E-state index < -0.39 is 11.6 Å². The van der Waals surface area contributed by atoms with Gasteiger partial charge in [0.05, 0.1) is 11.0 Å². The number of anilines is 1. The van der Waals surface area contributed by atoms with Crippen molar-refractivity contribution in [1.82, 2.24) is 4.98 Å². The third kappa shape index (κ3) is 4.45. The average molecular weight is 413 g/mol. The second-order valence-electron chi connectivity index (χ2n) is 7.31. The number of pyridine rings is 1. The van der Waals surface area contributed by atoms with E-state index in [4.69, 9.17) is 4.99 Å². The molecule has 1 aliphatic rings. The van der Waals surface area contributed by atoms with Crippen molar-refractivity contribution in [2.45, 2.75) is 38.8 Å². The molecule has 1 saturated carbocycles. The molecule has 4 rings (SSSR count). The van der Waals surface area contributed by atoms with Crippen molar-refractivity contribution < 1.29 is 8.78 Å². The summed E-state index contributed by atoms with van der Waals surface area (Å²) in [6, 6.07) is 9.59. The highest BCUT2D eigenvalue weighted by Crippen LogP contribution is 2.44. The molecule has 7 heteroatoms. The van der Waals surface area contributed by atoms with Crippen LogP contribution in [0.25, 0.3) is 0 Å². The fourth-order valence-corrected chi connectivity index (χ4v) is 4.35. The van der Waals surface area contributed by atoms with Crippen molar-refractivity contribution in [2.75, 3.05) is 5.32 Å². The van der Waals surface area contributed by atoms with E-state index in [-0.39, 0.29) is 17.5 Å². The monoisotopic (exact) mass is 413 g/mol. The summed E-state index contributed by atoms with van der Waals surface area (Å²) in [4.78, 5) is 19.9. The fraction of sp³-hybridized carbons (Fsp3) is 0.273. The molecule has 0 saturated heterocycles. The number of aromatic amines is 1. The molecule has 0 aliphatic heterocycles. The first kappa shape index (κ1) is 19.5. The van der Waals surface area contributed by atoms with Gasteiger partial charge in [-0.3, -0.25) is 9.79 Å². The minimum Gasteiger partial charge on any atom is -0.372 e. The second-order valence-corrected chi connectivity index (χ2v) is 8.57. The van der Waals surface area contributed by atoms with Crippen LogP contribution in [0.15, 0.2) is 52.4 Å². The van der Waals surface area contributed by atoms with E-state index in [0.717, 1.165) is 33.8 Å². The average Bonchev–Trinajstić information content (AvgIpc) is 3.35. The smallest absolute Gasteiger partial charge is 0.247 e. The van der Waals surface area contributed by atoms with Gasteiger partial charge in [0.1, 0.15) is 0 Å². The predicted molar refractivity (Wildman–Crippen MR) is 113 cm³/mol. The van der Waals surface area contributed by atoms with Crippen LogP contribution < -0.4 is 10.9 Å². The summed E-state index contributed by atoms with van der Waals surface area (Å²) in [6.07, 6.45) is 2.54. The Morgan fingerprint density at radius 3 is 2.79 bits per heavy atom. The number of hydrogen-bond acceptors (Lipinski definition) is 4. The maximum atomic E-state index is 13.5. The summed E-state index contributed by atoms with van der Waals surface area (Å²) in [5, 5.41) is 4.45. The lowest BCUT2D eigenvalue weighted by Gasteiger charge is -2.08. The van der Waals surface area contributed by atoms with E-state index in [0.29, 0.717) is 6.54 Å². The Morgan fingerprint density at radius 1 is 1.24 bits per heavy atom. The van der Waals surface area contributed by atoms with Gasteiger partial charge in [0.15, 0.2) is 11.6 Å². The molecule has 1 fully saturated rings. The lowest BCUT2D eigenvalue weighted by molar-refractivity contribution is 0.507. The van der Waals surface area contributed by atoms with Gasteiger partial charge >= 0.3 is 0 Å². The number of hydrogen-bond donors (Lipinski definition) is 2. The minimum absolute atomic E-state index is 0.0899. The van der Waals surface area contributed by atoms with Gasteiger partial charge in [-0.15, -0.1) is 11.3 Å². The van der Waals surface area contributed by atoms with Gasteiger partial charge in [0.2, 0.25) is 5.56 Å². The Kier molecular flexibility index (Phi) is 5.32. The number of benzene rings is 1. The summed E-state index contributed by atoms with van der Waals surface area (Å²) in [7, 11) is 0. The van der Waals surface area contributed by atoms with Gasteiger partial charge in [-0.2, -0.15) is 0 Å². The minimum atomic E-state index is -0.822. The van der Waals surface area contributed by atoms with Crippen LogP contribution in [0.2, 0.25) is 0 Å². The SMILES string of the molecule is CC(=NC1C[C@H]1c1ccc(F)c(F)c1)c1cc(C)sc1NCc1ccc(=O)[nH]c1. The normalized spacial score (nSPS) is 18.7. The molecule has 2 atom stereocenters. The van der Waals surface area contributed by atoms with Crippen LogP contribution in [0.4, 0.5) is 13.8 Å². The van der Waals surface area contributed by atoms with Crippen LogP contribution in [-0.4, -0.2) is 16.7 Å². The molecule has 3 aromatic rings. The molecular formula is C22H21F2N3OS. The number of halogens is 2. The van der Waals surface area contributed by atoms with Crippen molar-refractivity contribution in [3.63, 3.8) is 0 Å². The lowest BCUT2D eigenvalue weighted by Crippen LogP contribution is -2.07. The lowest BCUT2D eigenvalue weighted by atomic mass is 10.1. The van der Waals surface area contributed by atoms with Crippen LogP contribution in [0.5, 0.6) is 0 Å². The molecular weight excluding hydrogens is 392 g/mol. The van der Waals surface area contributed by atoms with Gasteiger partial charge < -0.3 is 10.3 Å². The standard InChI is InChI=1S/C22H21F2N3OS/c1-12-7-16(22(29-12)26-11-14-3-6-21(28)25-10-14)13(2)27-20-9-17(20)15-4-5-18(23)19(24)8-15/h3-8,10,17,20,26H,9,11H2,1-2H3,(H,25,28)/t17-,20?/m0/s1. The van der Waals surface area contributed by atoms with E-state index in [1.807, 2.05) is 13.8 Å². The first-order valence-corrected chi connectivity index (χ1v) is 10.2.